The van der Waals surface area contributed by atoms with E-state index in [0.717, 1.165) is 54.6 Å². The van der Waals surface area contributed by atoms with Gasteiger partial charge in [0.25, 0.3) is 0 Å². The Kier molecular flexibility index (Phi) is 8.20. The molecule has 2 heterocycles. The zero-order valence-corrected chi connectivity index (χ0v) is 18.9. The highest BCUT2D eigenvalue weighted by molar-refractivity contribution is 5.80. The summed E-state index contributed by atoms with van der Waals surface area (Å²) >= 11 is 0. The topological polar surface area (TPSA) is 80.2 Å². The van der Waals surface area contributed by atoms with Crippen LogP contribution in [0.15, 0.2) is 41.5 Å². The SMILES string of the molecule is CCCOc1ccc(CNC(=NC)NC2CCN(c3cc(OC)cc(OC)c3)C2)cn1. The van der Waals surface area contributed by atoms with Gasteiger partial charge in [-0.25, -0.2) is 4.98 Å². The molecule has 0 spiro atoms. The molecule has 168 valence electrons. The molecule has 1 saturated heterocycles. The Morgan fingerprint density at radius 1 is 1.19 bits per heavy atom. The van der Waals surface area contributed by atoms with Gasteiger partial charge in [-0.2, -0.15) is 0 Å². The fourth-order valence-electron chi connectivity index (χ4n) is 3.47. The maximum atomic E-state index is 5.53. The lowest BCUT2D eigenvalue weighted by molar-refractivity contribution is 0.305. The predicted molar refractivity (Wildman–Crippen MR) is 124 cm³/mol. The summed E-state index contributed by atoms with van der Waals surface area (Å²) in [6.45, 7) is 5.23. The number of nitrogens with one attached hydrogen (secondary N) is 2. The van der Waals surface area contributed by atoms with Gasteiger partial charge in [0.2, 0.25) is 5.88 Å². The van der Waals surface area contributed by atoms with Crippen LogP contribution in [-0.4, -0.2) is 57.9 Å². The number of hydrogen-bond donors (Lipinski definition) is 2. The van der Waals surface area contributed by atoms with Gasteiger partial charge in [0.05, 0.1) is 20.8 Å². The van der Waals surface area contributed by atoms with Gasteiger partial charge in [0, 0.05) is 68.9 Å². The molecule has 0 saturated carbocycles. The highest BCUT2D eigenvalue weighted by atomic mass is 16.5. The van der Waals surface area contributed by atoms with Gasteiger partial charge in [-0.1, -0.05) is 13.0 Å². The number of methoxy groups -OCH3 is 2. The Morgan fingerprint density at radius 3 is 2.58 bits per heavy atom. The van der Waals surface area contributed by atoms with Gasteiger partial charge in [0.1, 0.15) is 11.5 Å². The molecule has 8 heteroatoms. The van der Waals surface area contributed by atoms with Crippen LogP contribution < -0.4 is 29.7 Å². The molecule has 3 rings (SSSR count). The fraction of sp³-hybridized carbons (Fsp3) is 0.478. The first kappa shape index (κ1) is 22.5. The largest absolute Gasteiger partial charge is 0.497 e. The number of aromatic nitrogens is 1. The summed E-state index contributed by atoms with van der Waals surface area (Å²) < 4.78 is 16.3. The number of pyridine rings is 1. The Labute approximate surface area is 184 Å². The van der Waals surface area contributed by atoms with Crippen molar-refractivity contribution in [2.24, 2.45) is 4.99 Å². The van der Waals surface area contributed by atoms with Gasteiger partial charge < -0.3 is 29.7 Å². The predicted octanol–water partition coefficient (Wildman–Crippen LogP) is 2.83. The first-order valence-corrected chi connectivity index (χ1v) is 10.7. The molecule has 0 bridgehead atoms. The quantitative estimate of drug-likeness (QED) is 0.470. The molecular formula is C23H33N5O3. The van der Waals surface area contributed by atoms with E-state index in [0.29, 0.717) is 25.1 Å². The Bertz CT molecular complexity index is 835. The van der Waals surface area contributed by atoms with Crippen molar-refractivity contribution in [1.82, 2.24) is 15.6 Å². The summed E-state index contributed by atoms with van der Waals surface area (Å²) in [5.74, 6) is 3.03. The zero-order chi connectivity index (χ0) is 22.1. The minimum atomic E-state index is 0.298. The summed E-state index contributed by atoms with van der Waals surface area (Å²) in [7, 11) is 5.13. The molecule has 1 fully saturated rings. The molecule has 0 aliphatic carbocycles. The average molecular weight is 428 g/mol. The van der Waals surface area contributed by atoms with E-state index in [-0.39, 0.29) is 0 Å². The van der Waals surface area contributed by atoms with Crippen LogP contribution in [0.25, 0.3) is 0 Å². The highest BCUT2D eigenvalue weighted by Gasteiger charge is 2.24. The van der Waals surface area contributed by atoms with Crippen molar-refractivity contribution < 1.29 is 14.2 Å². The number of benzene rings is 1. The van der Waals surface area contributed by atoms with Crippen LogP contribution in [0, 0.1) is 0 Å². The standard InChI is InChI=1S/C23H33N5O3/c1-5-10-31-22-7-6-17(14-25-22)15-26-23(24-2)27-18-8-9-28(16-18)19-11-20(29-3)13-21(12-19)30-4/h6-7,11-14,18H,5,8-10,15-16H2,1-4H3,(H2,24,26,27). The Morgan fingerprint density at radius 2 is 1.97 bits per heavy atom. The summed E-state index contributed by atoms with van der Waals surface area (Å²) in [6.07, 6.45) is 3.82. The van der Waals surface area contributed by atoms with Crippen LogP contribution >= 0.6 is 0 Å². The molecule has 31 heavy (non-hydrogen) atoms. The molecule has 1 aromatic heterocycles. The average Bonchev–Trinajstić information content (AvgIpc) is 3.29. The molecule has 1 aromatic carbocycles. The molecule has 1 aliphatic heterocycles. The molecule has 0 amide bonds. The second-order valence-electron chi connectivity index (χ2n) is 7.43. The maximum absolute atomic E-state index is 5.53. The van der Waals surface area contributed by atoms with Crippen molar-refractivity contribution in [2.75, 3.05) is 45.9 Å². The van der Waals surface area contributed by atoms with E-state index >= 15 is 0 Å². The minimum absolute atomic E-state index is 0.298. The molecule has 2 aromatic rings. The van der Waals surface area contributed by atoms with E-state index in [1.165, 1.54) is 0 Å². The van der Waals surface area contributed by atoms with Crippen molar-refractivity contribution in [3.05, 3.63) is 42.1 Å². The van der Waals surface area contributed by atoms with Crippen molar-refractivity contribution >= 4 is 11.6 Å². The van der Waals surface area contributed by atoms with E-state index < -0.39 is 0 Å². The van der Waals surface area contributed by atoms with Gasteiger partial charge in [-0.05, 0) is 18.4 Å². The van der Waals surface area contributed by atoms with E-state index in [4.69, 9.17) is 14.2 Å². The Balaban J connectivity index is 1.51. The first-order chi connectivity index (χ1) is 15.1. The van der Waals surface area contributed by atoms with Crippen LogP contribution in [0.1, 0.15) is 25.3 Å². The zero-order valence-electron chi connectivity index (χ0n) is 18.9. The minimum Gasteiger partial charge on any atom is -0.497 e. The van der Waals surface area contributed by atoms with E-state index in [2.05, 4.69) is 32.4 Å². The van der Waals surface area contributed by atoms with Gasteiger partial charge in [0.15, 0.2) is 5.96 Å². The lowest BCUT2D eigenvalue weighted by Gasteiger charge is -2.21. The molecule has 1 unspecified atom stereocenters. The molecule has 1 atom stereocenters. The molecule has 2 N–H and O–H groups in total. The van der Waals surface area contributed by atoms with Crippen molar-refractivity contribution in [2.45, 2.75) is 32.4 Å². The van der Waals surface area contributed by atoms with Crippen molar-refractivity contribution in [3.8, 4) is 17.4 Å². The Hall–Kier alpha value is -3.16. The maximum Gasteiger partial charge on any atom is 0.213 e. The van der Waals surface area contributed by atoms with Crippen molar-refractivity contribution in [3.63, 3.8) is 0 Å². The summed E-state index contributed by atoms with van der Waals surface area (Å²) in [6, 6.07) is 10.2. The van der Waals surface area contributed by atoms with E-state index in [1.807, 2.05) is 36.5 Å². The van der Waals surface area contributed by atoms with E-state index in [9.17, 15) is 0 Å². The second-order valence-corrected chi connectivity index (χ2v) is 7.43. The van der Waals surface area contributed by atoms with Crippen LogP contribution in [0.4, 0.5) is 5.69 Å². The number of nitrogens with zero attached hydrogens (tertiary/aromatic N) is 3. The molecule has 1 aliphatic rings. The van der Waals surface area contributed by atoms with Crippen LogP contribution in [0.5, 0.6) is 17.4 Å². The number of ether oxygens (including phenoxy) is 3. The monoisotopic (exact) mass is 427 g/mol. The van der Waals surface area contributed by atoms with Gasteiger partial charge in [-0.15, -0.1) is 0 Å². The van der Waals surface area contributed by atoms with Crippen LogP contribution in [0.3, 0.4) is 0 Å². The third kappa shape index (κ3) is 6.41. The number of aliphatic imine (C=N–C) groups is 1. The normalized spacial score (nSPS) is 16.2. The lowest BCUT2D eigenvalue weighted by atomic mass is 10.2. The smallest absolute Gasteiger partial charge is 0.213 e. The fourth-order valence-corrected chi connectivity index (χ4v) is 3.47. The third-order valence-corrected chi connectivity index (χ3v) is 5.17. The van der Waals surface area contributed by atoms with E-state index in [1.54, 1.807) is 21.3 Å². The number of anilines is 1. The molecule has 0 radical (unpaired) electrons. The first-order valence-electron chi connectivity index (χ1n) is 10.7. The summed E-state index contributed by atoms with van der Waals surface area (Å²) in [5, 5.41) is 6.89. The van der Waals surface area contributed by atoms with Crippen LogP contribution in [0.2, 0.25) is 0 Å². The van der Waals surface area contributed by atoms with Crippen molar-refractivity contribution in [1.29, 1.82) is 0 Å². The second kappa shape index (κ2) is 11.3. The lowest BCUT2D eigenvalue weighted by Crippen LogP contribution is -2.44. The van der Waals surface area contributed by atoms with Gasteiger partial charge >= 0.3 is 0 Å². The summed E-state index contributed by atoms with van der Waals surface area (Å²) in [4.78, 5) is 11.0. The number of rotatable bonds is 9. The number of hydrogen-bond acceptors (Lipinski definition) is 6. The molecular weight excluding hydrogens is 394 g/mol. The number of guanidine groups is 1. The van der Waals surface area contributed by atoms with Crippen LogP contribution in [-0.2, 0) is 6.54 Å². The van der Waals surface area contributed by atoms with Gasteiger partial charge in [-0.3, -0.25) is 4.99 Å². The highest BCUT2D eigenvalue weighted by Crippen LogP contribution is 2.30. The third-order valence-electron chi connectivity index (χ3n) is 5.17. The summed E-state index contributed by atoms with van der Waals surface area (Å²) in [5.41, 5.74) is 2.17. The molecule has 8 nitrogen and oxygen atoms in total.